The molecule has 5 heteroatoms. The number of fused-ring (bicyclic) bond motifs is 3. The fraction of sp³-hybridized carbons (Fsp3) is 0.118. The molecule has 22 heavy (non-hydrogen) atoms. The molecule has 0 saturated carbocycles. The Kier molecular flexibility index (Phi) is 3.96. The molecule has 0 radical (unpaired) electrons. The van der Waals surface area contributed by atoms with Gasteiger partial charge in [-0.05, 0) is 36.8 Å². The van der Waals surface area contributed by atoms with Crippen LogP contribution in [0.15, 0.2) is 59.4 Å². The fourth-order valence-electron chi connectivity index (χ4n) is 2.01. The van der Waals surface area contributed by atoms with Gasteiger partial charge in [0.05, 0.1) is 5.69 Å². The van der Waals surface area contributed by atoms with Crippen LogP contribution in [0.4, 0.5) is 0 Å². The molecule has 2 bridgehead atoms. The van der Waals surface area contributed by atoms with Gasteiger partial charge in [0.2, 0.25) is 5.75 Å². The minimum absolute atomic E-state index is 0.244. The van der Waals surface area contributed by atoms with E-state index in [1.807, 2.05) is 30.3 Å². The minimum Gasteiger partial charge on any atom is -0.489 e. The first kappa shape index (κ1) is 14.0. The number of H-pyrrole nitrogens is 2. The monoisotopic (exact) mass is 296 g/mol. The molecule has 2 aromatic carbocycles. The van der Waals surface area contributed by atoms with Gasteiger partial charge >= 0.3 is 5.56 Å². The topological polar surface area (TPSA) is 67.1 Å². The second-order valence-corrected chi connectivity index (χ2v) is 4.88. The molecule has 0 fully saturated rings. The summed E-state index contributed by atoms with van der Waals surface area (Å²) in [6.07, 6.45) is 0. The van der Waals surface area contributed by atoms with E-state index in [1.54, 1.807) is 19.1 Å². The van der Waals surface area contributed by atoms with Crippen molar-refractivity contribution in [1.82, 2.24) is 10.2 Å². The van der Waals surface area contributed by atoms with Gasteiger partial charge in [-0.3, -0.25) is 15.0 Å². The Labute approximate surface area is 127 Å². The van der Waals surface area contributed by atoms with Gasteiger partial charge in [0.1, 0.15) is 18.1 Å². The van der Waals surface area contributed by atoms with Crippen LogP contribution in [0.3, 0.4) is 0 Å². The van der Waals surface area contributed by atoms with Crippen LogP contribution in [0.5, 0.6) is 17.2 Å². The number of aromatic nitrogens is 2. The summed E-state index contributed by atoms with van der Waals surface area (Å²) in [5.74, 6) is 1.96. The normalized spacial score (nSPS) is 11.3. The van der Waals surface area contributed by atoms with Crippen LogP contribution in [0.25, 0.3) is 0 Å². The van der Waals surface area contributed by atoms with E-state index in [4.69, 9.17) is 9.47 Å². The molecule has 0 unspecified atom stereocenters. The van der Waals surface area contributed by atoms with E-state index >= 15 is 0 Å². The number of nitrogens with one attached hydrogen (secondary N) is 2. The summed E-state index contributed by atoms with van der Waals surface area (Å²) >= 11 is 0. The molecule has 1 aromatic heterocycles. The molecule has 0 aliphatic carbocycles. The lowest BCUT2D eigenvalue weighted by molar-refractivity contribution is 0.295. The van der Waals surface area contributed by atoms with Gasteiger partial charge in [-0.2, -0.15) is 0 Å². The van der Waals surface area contributed by atoms with Crippen molar-refractivity contribution in [2.75, 3.05) is 0 Å². The lowest BCUT2D eigenvalue weighted by atomic mass is 10.2. The highest BCUT2D eigenvalue weighted by atomic mass is 16.5. The first-order valence-electron chi connectivity index (χ1n) is 6.94. The number of benzene rings is 2. The smallest absolute Gasteiger partial charge is 0.307 e. The molecule has 2 aliphatic heterocycles. The molecule has 0 amide bonds. The van der Waals surface area contributed by atoms with E-state index < -0.39 is 0 Å². The molecule has 5 rings (SSSR count). The van der Waals surface area contributed by atoms with Gasteiger partial charge in [-0.15, -0.1) is 0 Å². The Hall–Kier alpha value is -2.95. The maximum atomic E-state index is 11.2. The quantitative estimate of drug-likeness (QED) is 0.761. The fourth-order valence-corrected chi connectivity index (χ4v) is 2.01. The highest BCUT2D eigenvalue weighted by Crippen LogP contribution is 2.19. The molecule has 112 valence electrons. The molecule has 0 atom stereocenters. The van der Waals surface area contributed by atoms with Crippen molar-refractivity contribution in [3.63, 3.8) is 0 Å². The van der Waals surface area contributed by atoms with Gasteiger partial charge < -0.3 is 9.47 Å². The Morgan fingerprint density at radius 2 is 1.73 bits per heavy atom. The first-order valence-corrected chi connectivity index (χ1v) is 6.94. The molecule has 0 spiro atoms. The SMILES string of the molecule is Cc1[nH][nH]c(=O)c1Oc1ccccc1.c1cc2ccc1CO2. The van der Waals surface area contributed by atoms with Crippen molar-refractivity contribution < 1.29 is 9.47 Å². The van der Waals surface area contributed by atoms with Crippen molar-refractivity contribution in [1.29, 1.82) is 0 Å². The second kappa shape index (κ2) is 6.22. The van der Waals surface area contributed by atoms with E-state index in [0.29, 0.717) is 17.2 Å². The molecule has 3 aromatic rings. The van der Waals surface area contributed by atoms with Crippen LogP contribution in [0.2, 0.25) is 0 Å². The number of ether oxygens (including phenoxy) is 2. The molecule has 3 heterocycles. The number of hydrogen-bond donors (Lipinski definition) is 2. The molecular weight excluding hydrogens is 280 g/mol. The van der Waals surface area contributed by atoms with Crippen LogP contribution >= 0.6 is 0 Å². The standard InChI is InChI=1S/C10H10N2O2.C7H6O/c1-7-9(10(13)12-11-7)14-8-5-3-2-4-6-8;1-3-7-4-2-6(1)5-8-7/h2-6H,1H3,(H2,11,12,13);1-4H,5H2. The van der Waals surface area contributed by atoms with Crippen molar-refractivity contribution in [2.24, 2.45) is 0 Å². The summed E-state index contributed by atoms with van der Waals surface area (Å²) in [6.45, 7) is 2.54. The predicted octanol–water partition coefficient (Wildman–Crippen LogP) is 3.38. The maximum absolute atomic E-state index is 11.2. The highest BCUT2D eigenvalue weighted by molar-refractivity contribution is 5.31. The molecular formula is C17H16N2O3. The third-order valence-electron chi connectivity index (χ3n) is 3.20. The van der Waals surface area contributed by atoms with Crippen LogP contribution < -0.4 is 15.0 Å². The van der Waals surface area contributed by atoms with Crippen LogP contribution in [-0.4, -0.2) is 10.2 Å². The van der Waals surface area contributed by atoms with E-state index in [0.717, 1.165) is 12.4 Å². The summed E-state index contributed by atoms with van der Waals surface area (Å²) in [7, 11) is 0. The average molecular weight is 296 g/mol. The lowest BCUT2D eigenvalue weighted by Gasteiger charge is -2.11. The Balaban J connectivity index is 0.000000151. The van der Waals surface area contributed by atoms with E-state index in [-0.39, 0.29) is 5.56 Å². The zero-order valence-electron chi connectivity index (χ0n) is 12.1. The maximum Gasteiger partial charge on any atom is 0.307 e. The lowest BCUT2D eigenvalue weighted by Crippen LogP contribution is -2.01. The largest absolute Gasteiger partial charge is 0.489 e. The molecule has 2 N–H and O–H groups in total. The third-order valence-corrected chi connectivity index (χ3v) is 3.20. The van der Waals surface area contributed by atoms with Crippen LogP contribution in [0.1, 0.15) is 11.3 Å². The predicted molar refractivity (Wildman–Crippen MR) is 83.4 cm³/mol. The summed E-state index contributed by atoms with van der Waals surface area (Å²) in [5.41, 5.74) is 1.71. The number of rotatable bonds is 2. The average Bonchev–Trinajstić information content (AvgIpc) is 2.90. The summed E-state index contributed by atoms with van der Waals surface area (Å²) in [6, 6.07) is 17.3. The van der Waals surface area contributed by atoms with Crippen molar-refractivity contribution in [3.8, 4) is 17.2 Å². The number of aromatic amines is 2. The zero-order chi connectivity index (χ0) is 15.4. The van der Waals surface area contributed by atoms with Crippen molar-refractivity contribution in [2.45, 2.75) is 13.5 Å². The molecule has 2 aliphatic rings. The van der Waals surface area contributed by atoms with Gasteiger partial charge in [0, 0.05) is 0 Å². The van der Waals surface area contributed by atoms with E-state index in [1.165, 1.54) is 5.56 Å². The number of aryl methyl sites for hydroxylation is 1. The van der Waals surface area contributed by atoms with Gasteiger partial charge in [-0.1, -0.05) is 30.3 Å². The number of para-hydroxylation sites is 1. The second-order valence-electron chi connectivity index (χ2n) is 4.88. The summed E-state index contributed by atoms with van der Waals surface area (Å²) in [4.78, 5) is 11.2. The first-order chi connectivity index (χ1) is 10.7. The molecule has 5 nitrogen and oxygen atoms in total. The van der Waals surface area contributed by atoms with Crippen LogP contribution in [0, 0.1) is 6.92 Å². The number of hydrogen-bond acceptors (Lipinski definition) is 3. The van der Waals surface area contributed by atoms with Crippen molar-refractivity contribution in [3.05, 3.63) is 76.2 Å². The third kappa shape index (κ3) is 3.20. The van der Waals surface area contributed by atoms with Crippen LogP contribution in [-0.2, 0) is 6.61 Å². The van der Waals surface area contributed by atoms with Gasteiger partial charge in [0.15, 0.2) is 0 Å². The van der Waals surface area contributed by atoms with E-state index in [9.17, 15) is 4.79 Å². The summed E-state index contributed by atoms with van der Waals surface area (Å²) < 4.78 is 10.6. The zero-order valence-corrected chi connectivity index (χ0v) is 12.1. The van der Waals surface area contributed by atoms with Gasteiger partial charge in [-0.25, -0.2) is 0 Å². The van der Waals surface area contributed by atoms with Gasteiger partial charge in [0.25, 0.3) is 0 Å². The Morgan fingerprint density at radius 3 is 2.14 bits per heavy atom. The van der Waals surface area contributed by atoms with E-state index in [2.05, 4.69) is 22.3 Å². The minimum atomic E-state index is -0.244. The Bertz CT molecular complexity index is 766. The molecule has 0 saturated heterocycles. The summed E-state index contributed by atoms with van der Waals surface area (Å²) in [5, 5.41) is 5.15. The van der Waals surface area contributed by atoms with Crippen molar-refractivity contribution >= 4 is 0 Å². The Morgan fingerprint density at radius 1 is 1.00 bits per heavy atom. The highest BCUT2D eigenvalue weighted by Gasteiger charge is 2.07.